The van der Waals surface area contributed by atoms with Crippen LogP contribution < -0.4 is 4.90 Å². The Morgan fingerprint density at radius 2 is 1.68 bits per heavy atom. The van der Waals surface area contributed by atoms with Crippen molar-refractivity contribution >= 4 is 23.2 Å². The molecule has 3 nitrogen and oxygen atoms in total. The molecule has 0 aromatic heterocycles. The Morgan fingerprint density at radius 3 is 2.35 bits per heavy atom. The molecule has 0 aliphatic carbocycles. The zero-order chi connectivity index (χ0) is 23.9. The molecular weight excluding hydrogens is 454 g/mol. The number of likely N-dealkylation sites (tertiary alicyclic amines) is 1. The van der Waals surface area contributed by atoms with Gasteiger partial charge in [-0.05, 0) is 80.7 Å². The summed E-state index contributed by atoms with van der Waals surface area (Å²) in [5, 5.41) is 0.601. The fourth-order valence-corrected chi connectivity index (χ4v) is 5.74. The van der Waals surface area contributed by atoms with Crippen LogP contribution in [0.3, 0.4) is 0 Å². The van der Waals surface area contributed by atoms with Gasteiger partial charge in [0.15, 0.2) is 0 Å². The first-order valence-corrected chi connectivity index (χ1v) is 12.1. The second-order valence-electron chi connectivity index (χ2n) is 9.50. The molecule has 0 radical (unpaired) electrons. The van der Waals surface area contributed by atoms with Crippen molar-refractivity contribution < 1.29 is 13.6 Å². The van der Waals surface area contributed by atoms with Crippen molar-refractivity contribution in [3.05, 3.63) is 100 Å². The van der Waals surface area contributed by atoms with Crippen LogP contribution in [0.15, 0.2) is 66.7 Å². The van der Waals surface area contributed by atoms with Gasteiger partial charge in [0.05, 0.1) is 0 Å². The molecule has 0 saturated carbocycles. The van der Waals surface area contributed by atoms with Gasteiger partial charge in [0.25, 0.3) is 5.91 Å². The van der Waals surface area contributed by atoms with Crippen molar-refractivity contribution in [2.45, 2.75) is 37.6 Å². The first-order valence-electron chi connectivity index (χ1n) is 11.7. The maximum absolute atomic E-state index is 14.4. The standard InChI is InChI=1S/C28H27ClF2N2O/c1-19(16-20-6-3-2-4-7-20)32-14-12-28(13-15-32)18-33(25-11-10-21(29)17-22(25)28)27(34)26-23(30)8-5-9-24(26)31/h2-11,17,19H,12-16,18H2,1H3. The first kappa shape index (κ1) is 23.0. The lowest BCUT2D eigenvalue weighted by Gasteiger charge is -2.42. The molecule has 1 fully saturated rings. The molecule has 0 bridgehead atoms. The predicted molar refractivity (Wildman–Crippen MR) is 132 cm³/mol. The Bertz CT molecular complexity index is 1190. The van der Waals surface area contributed by atoms with E-state index in [0.717, 1.165) is 50.0 Å². The van der Waals surface area contributed by atoms with Gasteiger partial charge in [-0.1, -0.05) is 48.0 Å². The Hall–Kier alpha value is -2.76. The maximum atomic E-state index is 14.4. The molecule has 1 amide bonds. The van der Waals surface area contributed by atoms with Crippen molar-refractivity contribution in [3.63, 3.8) is 0 Å². The second kappa shape index (κ2) is 9.12. The third kappa shape index (κ3) is 4.12. The van der Waals surface area contributed by atoms with E-state index in [1.54, 1.807) is 12.1 Å². The van der Waals surface area contributed by atoms with Crippen molar-refractivity contribution in [1.82, 2.24) is 4.90 Å². The molecule has 2 heterocycles. The number of piperidine rings is 1. The average molecular weight is 481 g/mol. The number of halogens is 3. The van der Waals surface area contributed by atoms with Crippen LogP contribution in [-0.4, -0.2) is 36.5 Å². The summed E-state index contributed by atoms with van der Waals surface area (Å²) in [6, 6.07) is 19.8. The van der Waals surface area contributed by atoms with E-state index < -0.39 is 23.1 Å². The largest absolute Gasteiger partial charge is 0.307 e. The van der Waals surface area contributed by atoms with Gasteiger partial charge in [-0.25, -0.2) is 8.78 Å². The molecule has 2 aliphatic heterocycles. The van der Waals surface area contributed by atoms with Crippen molar-refractivity contribution in [2.24, 2.45) is 0 Å². The van der Waals surface area contributed by atoms with Crippen LogP contribution in [0, 0.1) is 11.6 Å². The molecule has 2 aliphatic rings. The normalized spacial score (nSPS) is 18.2. The van der Waals surface area contributed by atoms with E-state index in [9.17, 15) is 13.6 Å². The van der Waals surface area contributed by atoms with Crippen LogP contribution in [0.2, 0.25) is 5.02 Å². The van der Waals surface area contributed by atoms with E-state index in [2.05, 4.69) is 36.1 Å². The quantitative estimate of drug-likeness (QED) is 0.441. The van der Waals surface area contributed by atoms with Gasteiger partial charge in [0, 0.05) is 28.7 Å². The van der Waals surface area contributed by atoms with E-state index in [-0.39, 0.29) is 5.41 Å². The monoisotopic (exact) mass is 480 g/mol. The summed E-state index contributed by atoms with van der Waals surface area (Å²) in [7, 11) is 0. The maximum Gasteiger partial charge on any atom is 0.264 e. The number of carbonyl (C=O) groups excluding carboxylic acids is 1. The number of amides is 1. The minimum atomic E-state index is -0.842. The molecule has 176 valence electrons. The van der Waals surface area contributed by atoms with Gasteiger partial charge in [-0.2, -0.15) is 0 Å². The van der Waals surface area contributed by atoms with E-state index >= 15 is 0 Å². The Kier molecular flexibility index (Phi) is 6.17. The fourth-order valence-electron chi connectivity index (χ4n) is 5.56. The third-order valence-corrected chi connectivity index (χ3v) is 7.69. The Balaban J connectivity index is 1.39. The molecule has 5 rings (SSSR count). The second-order valence-corrected chi connectivity index (χ2v) is 9.94. The van der Waals surface area contributed by atoms with Gasteiger partial charge >= 0.3 is 0 Å². The van der Waals surface area contributed by atoms with Gasteiger partial charge in [-0.15, -0.1) is 0 Å². The highest BCUT2D eigenvalue weighted by atomic mass is 35.5. The number of fused-ring (bicyclic) bond motifs is 2. The number of benzene rings is 3. The van der Waals surface area contributed by atoms with Crippen LogP contribution >= 0.6 is 11.6 Å². The highest BCUT2D eigenvalue weighted by molar-refractivity contribution is 6.30. The summed E-state index contributed by atoms with van der Waals surface area (Å²) in [6.07, 6.45) is 2.68. The third-order valence-electron chi connectivity index (χ3n) is 7.46. The Labute approximate surface area is 203 Å². The van der Waals surface area contributed by atoms with Crippen molar-refractivity contribution in [2.75, 3.05) is 24.5 Å². The van der Waals surface area contributed by atoms with Crippen LogP contribution in [0.5, 0.6) is 0 Å². The minimum Gasteiger partial charge on any atom is -0.307 e. The van der Waals surface area contributed by atoms with Crippen LogP contribution in [0.25, 0.3) is 0 Å². The van der Waals surface area contributed by atoms with Crippen LogP contribution in [0.1, 0.15) is 41.3 Å². The Morgan fingerprint density at radius 1 is 1.00 bits per heavy atom. The van der Waals surface area contributed by atoms with E-state index in [4.69, 9.17) is 11.6 Å². The summed E-state index contributed by atoms with van der Waals surface area (Å²) < 4.78 is 28.9. The first-order chi connectivity index (χ1) is 16.4. The van der Waals surface area contributed by atoms with Crippen molar-refractivity contribution in [1.29, 1.82) is 0 Å². The summed E-state index contributed by atoms with van der Waals surface area (Å²) >= 11 is 6.36. The van der Waals surface area contributed by atoms with Gasteiger partial charge in [0.1, 0.15) is 17.2 Å². The average Bonchev–Trinajstić information content (AvgIpc) is 3.13. The number of hydrogen-bond acceptors (Lipinski definition) is 2. The minimum absolute atomic E-state index is 0.277. The molecule has 1 unspecified atom stereocenters. The summed E-state index contributed by atoms with van der Waals surface area (Å²) in [4.78, 5) is 17.4. The fraction of sp³-hybridized carbons (Fsp3) is 0.321. The number of rotatable bonds is 4. The topological polar surface area (TPSA) is 23.6 Å². The molecule has 6 heteroatoms. The molecular formula is C28H27ClF2N2O. The number of hydrogen-bond donors (Lipinski definition) is 0. The van der Waals surface area contributed by atoms with Crippen LogP contribution in [-0.2, 0) is 11.8 Å². The number of anilines is 1. The molecule has 1 spiro atoms. The molecule has 3 aromatic rings. The molecule has 3 aromatic carbocycles. The predicted octanol–water partition coefficient (Wildman–Crippen LogP) is 6.24. The van der Waals surface area contributed by atoms with E-state index in [1.807, 2.05) is 12.1 Å². The summed E-state index contributed by atoms with van der Waals surface area (Å²) in [5.41, 5.74) is 2.23. The highest BCUT2D eigenvalue weighted by Gasteiger charge is 2.47. The smallest absolute Gasteiger partial charge is 0.264 e. The molecule has 0 N–H and O–H groups in total. The molecule has 1 saturated heterocycles. The van der Waals surface area contributed by atoms with Crippen LogP contribution in [0.4, 0.5) is 14.5 Å². The number of nitrogens with zero attached hydrogens (tertiary/aromatic N) is 2. The summed E-state index contributed by atoms with van der Waals surface area (Å²) in [6.45, 7) is 4.42. The van der Waals surface area contributed by atoms with Gasteiger partial charge in [-0.3, -0.25) is 4.79 Å². The lowest BCUT2D eigenvalue weighted by molar-refractivity contribution is 0.0958. The number of carbonyl (C=O) groups is 1. The molecule has 34 heavy (non-hydrogen) atoms. The molecule has 1 atom stereocenters. The van der Waals surface area contributed by atoms with E-state index in [0.29, 0.717) is 23.3 Å². The highest BCUT2D eigenvalue weighted by Crippen LogP contribution is 2.48. The zero-order valence-electron chi connectivity index (χ0n) is 19.1. The lowest BCUT2D eigenvalue weighted by Crippen LogP contribution is -2.49. The summed E-state index contributed by atoms with van der Waals surface area (Å²) in [5.74, 6) is -2.33. The van der Waals surface area contributed by atoms with Gasteiger partial charge in [0.2, 0.25) is 0 Å². The SMILES string of the molecule is CC(Cc1ccccc1)N1CCC2(CC1)CN(C(=O)c1c(F)cccc1F)c1ccc(Cl)cc12. The lowest BCUT2D eigenvalue weighted by atomic mass is 9.74. The van der Waals surface area contributed by atoms with Gasteiger partial charge < -0.3 is 9.80 Å². The van der Waals surface area contributed by atoms with Crippen molar-refractivity contribution in [3.8, 4) is 0 Å². The van der Waals surface area contributed by atoms with E-state index in [1.165, 1.54) is 16.5 Å². The zero-order valence-corrected chi connectivity index (χ0v) is 19.9.